The molecule has 1 heterocycles. The highest BCUT2D eigenvalue weighted by molar-refractivity contribution is 6.31. The summed E-state index contributed by atoms with van der Waals surface area (Å²) >= 11 is 6.02. The van der Waals surface area contributed by atoms with Crippen LogP contribution in [0.2, 0.25) is 5.02 Å². The zero-order chi connectivity index (χ0) is 15.6. The highest BCUT2D eigenvalue weighted by Crippen LogP contribution is 2.19. The number of carbonyl (C=O) groups is 1. The summed E-state index contributed by atoms with van der Waals surface area (Å²) in [5, 5.41) is 22.9. The Labute approximate surface area is 125 Å². The average Bonchev–Trinajstić information content (AvgIpc) is 2.41. The average molecular weight is 309 g/mol. The fourth-order valence-corrected chi connectivity index (χ4v) is 1.96. The van der Waals surface area contributed by atoms with Crippen molar-refractivity contribution in [2.45, 2.75) is 19.8 Å². The van der Waals surface area contributed by atoms with Gasteiger partial charge in [0.2, 0.25) is 0 Å². The number of benzene rings is 1. The maximum atomic E-state index is 11.9. The van der Waals surface area contributed by atoms with Crippen molar-refractivity contribution in [3.05, 3.63) is 50.9 Å². The van der Waals surface area contributed by atoms with Gasteiger partial charge in [-0.15, -0.1) is 0 Å². The molecule has 6 nitrogen and oxygen atoms in total. The Morgan fingerprint density at radius 2 is 2.10 bits per heavy atom. The fourth-order valence-electron chi connectivity index (χ4n) is 1.78. The molecule has 2 N–H and O–H groups in total. The Balaban J connectivity index is 2.47. The molecule has 0 bridgehead atoms. The van der Waals surface area contributed by atoms with Crippen molar-refractivity contribution in [1.82, 2.24) is 9.78 Å². The molecule has 0 fully saturated rings. The number of aromatic nitrogens is 2. The van der Waals surface area contributed by atoms with E-state index >= 15 is 0 Å². The minimum Gasteiger partial charge on any atom is -0.506 e. The van der Waals surface area contributed by atoms with Gasteiger partial charge in [0, 0.05) is 17.5 Å². The van der Waals surface area contributed by atoms with E-state index in [2.05, 4.69) is 5.10 Å². The van der Waals surface area contributed by atoms with E-state index < -0.39 is 11.5 Å². The number of aliphatic carboxylic acids is 1. The number of hydrogen-bond donors (Lipinski definition) is 2. The van der Waals surface area contributed by atoms with Gasteiger partial charge in [0.05, 0.1) is 12.1 Å². The van der Waals surface area contributed by atoms with E-state index in [0.29, 0.717) is 10.7 Å². The van der Waals surface area contributed by atoms with E-state index in [1.54, 1.807) is 18.2 Å². The molecule has 0 spiro atoms. The minimum absolute atomic E-state index is 0.0288. The van der Waals surface area contributed by atoms with E-state index in [1.165, 1.54) is 0 Å². The first kappa shape index (κ1) is 15.1. The molecule has 1 aromatic heterocycles. The van der Waals surface area contributed by atoms with Gasteiger partial charge in [-0.3, -0.25) is 9.59 Å². The van der Waals surface area contributed by atoms with E-state index in [-0.39, 0.29) is 24.3 Å². The molecule has 0 atom stereocenters. The number of rotatable bonds is 4. The van der Waals surface area contributed by atoms with E-state index in [1.807, 2.05) is 6.92 Å². The van der Waals surface area contributed by atoms with Crippen molar-refractivity contribution >= 4 is 17.6 Å². The van der Waals surface area contributed by atoms with Crippen molar-refractivity contribution in [1.29, 1.82) is 0 Å². The predicted octanol–water partition coefficient (Wildman–Crippen LogP) is 1.92. The molecular weight excluding hydrogens is 296 g/mol. The van der Waals surface area contributed by atoms with Crippen LogP contribution in [-0.4, -0.2) is 26.0 Å². The van der Waals surface area contributed by atoms with Crippen LogP contribution in [0.4, 0.5) is 0 Å². The Hall–Kier alpha value is -2.34. The summed E-state index contributed by atoms with van der Waals surface area (Å²) in [7, 11) is 0. The van der Waals surface area contributed by atoms with Crippen molar-refractivity contribution in [2.75, 3.05) is 0 Å². The summed E-state index contributed by atoms with van der Waals surface area (Å²) in [4.78, 5) is 22.5. The van der Waals surface area contributed by atoms with Gasteiger partial charge < -0.3 is 10.2 Å². The smallest absolute Gasteiger partial charge is 0.303 e. The SMILES string of the molecule is Cc1ccc(-n2nc(CCC(=O)O)c(O)cc2=O)cc1Cl. The predicted molar refractivity (Wildman–Crippen MR) is 77.2 cm³/mol. The molecule has 2 aromatic rings. The van der Waals surface area contributed by atoms with Crippen LogP contribution < -0.4 is 5.56 Å². The summed E-state index contributed by atoms with van der Waals surface area (Å²) in [6, 6.07) is 6.02. The Bertz CT molecular complexity index is 755. The summed E-state index contributed by atoms with van der Waals surface area (Å²) in [6.45, 7) is 1.83. The lowest BCUT2D eigenvalue weighted by Crippen LogP contribution is -2.22. The van der Waals surface area contributed by atoms with Crippen LogP contribution in [0, 0.1) is 6.92 Å². The Morgan fingerprint density at radius 1 is 1.38 bits per heavy atom. The van der Waals surface area contributed by atoms with Gasteiger partial charge in [-0.1, -0.05) is 17.7 Å². The third kappa shape index (κ3) is 3.41. The van der Waals surface area contributed by atoms with Gasteiger partial charge in [0.25, 0.3) is 5.56 Å². The molecule has 0 saturated carbocycles. The monoisotopic (exact) mass is 308 g/mol. The molecule has 0 amide bonds. The van der Waals surface area contributed by atoms with Crippen molar-refractivity contribution < 1.29 is 15.0 Å². The van der Waals surface area contributed by atoms with Gasteiger partial charge in [-0.05, 0) is 24.6 Å². The third-order valence-corrected chi connectivity index (χ3v) is 3.37. The largest absolute Gasteiger partial charge is 0.506 e. The first-order valence-electron chi connectivity index (χ1n) is 6.19. The van der Waals surface area contributed by atoms with Crippen LogP contribution >= 0.6 is 11.6 Å². The zero-order valence-electron chi connectivity index (χ0n) is 11.2. The number of halogens is 1. The van der Waals surface area contributed by atoms with Crippen LogP contribution in [0.1, 0.15) is 17.7 Å². The molecule has 0 aliphatic carbocycles. The number of hydrogen-bond acceptors (Lipinski definition) is 4. The molecule has 21 heavy (non-hydrogen) atoms. The minimum atomic E-state index is -1.01. The summed E-state index contributed by atoms with van der Waals surface area (Å²) in [5.74, 6) is -1.32. The molecule has 110 valence electrons. The van der Waals surface area contributed by atoms with E-state index in [4.69, 9.17) is 16.7 Å². The molecule has 7 heteroatoms. The van der Waals surface area contributed by atoms with Crippen molar-refractivity contribution in [3.8, 4) is 11.4 Å². The highest BCUT2D eigenvalue weighted by Gasteiger charge is 2.11. The Morgan fingerprint density at radius 3 is 2.71 bits per heavy atom. The number of nitrogens with zero attached hydrogens (tertiary/aromatic N) is 2. The second kappa shape index (κ2) is 5.97. The number of carboxylic acid groups (broad SMARTS) is 1. The maximum Gasteiger partial charge on any atom is 0.303 e. The molecule has 2 rings (SSSR count). The lowest BCUT2D eigenvalue weighted by atomic mass is 10.2. The highest BCUT2D eigenvalue weighted by atomic mass is 35.5. The quantitative estimate of drug-likeness (QED) is 0.900. The van der Waals surface area contributed by atoms with Gasteiger partial charge in [-0.2, -0.15) is 9.78 Å². The van der Waals surface area contributed by atoms with Crippen molar-refractivity contribution in [2.24, 2.45) is 0 Å². The van der Waals surface area contributed by atoms with Gasteiger partial charge in [0.15, 0.2) is 0 Å². The normalized spacial score (nSPS) is 10.6. The molecule has 0 aliphatic rings. The molecule has 0 saturated heterocycles. The van der Waals surface area contributed by atoms with Crippen LogP contribution in [0.5, 0.6) is 5.75 Å². The summed E-state index contributed by atoms with van der Waals surface area (Å²) in [5.41, 5.74) is 0.936. The lowest BCUT2D eigenvalue weighted by Gasteiger charge is -2.09. The lowest BCUT2D eigenvalue weighted by molar-refractivity contribution is -0.136. The van der Waals surface area contributed by atoms with Gasteiger partial charge in [-0.25, -0.2) is 0 Å². The van der Waals surface area contributed by atoms with Crippen LogP contribution in [0.3, 0.4) is 0 Å². The maximum absolute atomic E-state index is 11.9. The third-order valence-electron chi connectivity index (χ3n) is 2.96. The first-order valence-corrected chi connectivity index (χ1v) is 6.57. The topological polar surface area (TPSA) is 92.4 Å². The number of aryl methyl sites for hydroxylation is 2. The zero-order valence-corrected chi connectivity index (χ0v) is 12.0. The van der Waals surface area contributed by atoms with E-state index in [0.717, 1.165) is 16.3 Å². The fraction of sp³-hybridized carbons (Fsp3) is 0.214. The number of aromatic hydroxyl groups is 1. The van der Waals surface area contributed by atoms with Gasteiger partial charge >= 0.3 is 5.97 Å². The standard InChI is InChI=1S/C14H13ClN2O4/c1-8-2-3-9(6-10(8)15)17-13(19)7-12(18)11(16-17)4-5-14(20)21/h2-3,6-7,18H,4-5H2,1H3,(H,20,21). The Kier molecular flexibility index (Phi) is 4.28. The molecule has 1 aromatic carbocycles. The molecular formula is C14H13ClN2O4. The first-order chi connectivity index (χ1) is 9.88. The number of carboxylic acids is 1. The van der Waals surface area contributed by atoms with Crippen LogP contribution in [0.25, 0.3) is 5.69 Å². The van der Waals surface area contributed by atoms with E-state index in [9.17, 15) is 14.7 Å². The summed E-state index contributed by atoms with van der Waals surface area (Å²) in [6.07, 6.45) is -0.158. The molecule has 0 radical (unpaired) electrons. The van der Waals surface area contributed by atoms with Crippen LogP contribution in [0.15, 0.2) is 29.1 Å². The van der Waals surface area contributed by atoms with Crippen LogP contribution in [-0.2, 0) is 11.2 Å². The van der Waals surface area contributed by atoms with Crippen molar-refractivity contribution in [3.63, 3.8) is 0 Å². The second-order valence-electron chi connectivity index (χ2n) is 4.55. The summed E-state index contributed by atoms with van der Waals surface area (Å²) < 4.78 is 1.09. The second-order valence-corrected chi connectivity index (χ2v) is 4.96. The van der Waals surface area contributed by atoms with Gasteiger partial charge in [0.1, 0.15) is 11.4 Å². The molecule has 0 aliphatic heterocycles. The molecule has 0 unspecified atom stereocenters.